The van der Waals surface area contributed by atoms with Gasteiger partial charge >= 0.3 is 0 Å². The Morgan fingerprint density at radius 1 is 0.796 bits per heavy atom. The number of aromatic nitrogens is 1. The van der Waals surface area contributed by atoms with Crippen LogP contribution >= 0.6 is 0 Å². The highest BCUT2D eigenvalue weighted by Crippen LogP contribution is 2.41. The van der Waals surface area contributed by atoms with Crippen LogP contribution in [0.1, 0.15) is 20.3 Å². The Bertz CT molecular complexity index is 2290. The summed E-state index contributed by atoms with van der Waals surface area (Å²) in [5.74, 6) is 3.45. The molecule has 240 valence electrons. The fourth-order valence-electron chi connectivity index (χ4n) is 7.20. The summed E-state index contributed by atoms with van der Waals surface area (Å²) in [6.07, 6.45) is 8.83. The summed E-state index contributed by atoms with van der Waals surface area (Å²) >= 11 is 0. The molecule has 0 unspecified atom stereocenters. The van der Waals surface area contributed by atoms with Crippen LogP contribution in [0.4, 0.5) is 0 Å². The zero-order chi connectivity index (χ0) is 34.1. The quantitative estimate of drug-likeness (QED) is 0.140. The van der Waals surface area contributed by atoms with Crippen molar-refractivity contribution in [1.29, 1.82) is 0 Å². The van der Waals surface area contributed by atoms with Gasteiger partial charge in [0.25, 0.3) is 6.71 Å². The minimum atomic E-state index is -0.0340. The third kappa shape index (κ3) is 5.42. The summed E-state index contributed by atoms with van der Waals surface area (Å²) < 4.78 is 15.5. The van der Waals surface area contributed by atoms with Gasteiger partial charge in [0, 0.05) is 27.5 Å². The second-order valence-electron chi connectivity index (χ2n) is 12.1. The molecule has 1 aromatic heterocycles. The lowest BCUT2D eigenvalue weighted by Gasteiger charge is -2.34. The number of allylic oxidation sites excluding steroid dienone is 8. The van der Waals surface area contributed by atoms with E-state index in [9.17, 15) is 0 Å². The average Bonchev–Trinajstić information content (AvgIpc) is 3.48. The van der Waals surface area contributed by atoms with Crippen molar-refractivity contribution in [1.82, 2.24) is 4.57 Å². The molecule has 0 saturated carbocycles. The van der Waals surface area contributed by atoms with Gasteiger partial charge in [-0.2, -0.15) is 0 Å². The maximum Gasteiger partial charge on any atom is 0.260 e. The first-order valence-electron chi connectivity index (χ1n) is 16.7. The fraction of sp³-hybridized carbons (Fsp3) is 0.0909. The van der Waals surface area contributed by atoms with Crippen LogP contribution in [0.2, 0.25) is 0 Å². The molecule has 0 bridgehead atoms. The number of para-hydroxylation sites is 3. The van der Waals surface area contributed by atoms with Gasteiger partial charge in [-0.05, 0) is 84.4 Å². The lowest BCUT2D eigenvalue weighted by atomic mass is 9.34. The molecule has 5 heteroatoms. The molecule has 0 fully saturated rings. The molecule has 0 aliphatic carbocycles. The van der Waals surface area contributed by atoms with Crippen molar-refractivity contribution < 1.29 is 9.47 Å². The summed E-state index contributed by atoms with van der Waals surface area (Å²) in [5.41, 5.74) is 15.6. The molecule has 4 nitrogen and oxygen atoms in total. The van der Waals surface area contributed by atoms with E-state index in [1.54, 1.807) is 6.08 Å². The molecular formula is C44H39BN2O2. The average molecular weight is 639 g/mol. The number of hydrogen-bond acceptors (Lipinski definition) is 3. The van der Waals surface area contributed by atoms with E-state index in [1.807, 2.05) is 24.3 Å². The molecule has 0 saturated heterocycles. The Morgan fingerprint density at radius 2 is 1.43 bits per heavy atom. The maximum atomic E-state index is 6.77. The van der Waals surface area contributed by atoms with Gasteiger partial charge in [-0.25, -0.2) is 0 Å². The van der Waals surface area contributed by atoms with Gasteiger partial charge in [0.05, 0.1) is 16.8 Å². The molecular weight excluding hydrogens is 599 g/mol. The van der Waals surface area contributed by atoms with Crippen molar-refractivity contribution in [2.75, 3.05) is 7.05 Å². The molecule has 49 heavy (non-hydrogen) atoms. The molecule has 0 amide bonds. The van der Waals surface area contributed by atoms with Crippen molar-refractivity contribution in [3.05, 3.63) is 169 Å². The maximum absolute atomic E-state index is 6.77. The summed E-state index contributed by atoms with van der Waals surface area (Å²) in [5, 5.41) is 2.51. The molecule has 2 N–H and O–H groups in total. The van der Waals surface area contributed by atoms with Gasteiger partial charge in [-0.1, -0.05) is 117 Å². The Hall–Kier alpha value is -5.78. The van der Waals surface area contributed by atoms with E-state index in [4.69, 9.17) is 9.47 Å². The van der Waals surface area contributed by atoms with Crippen LogP contribution in [-0.2, 0) is 0 Å². The zero-order valence-corrected chi connectivity index (χ0v) is 28.2. The van der Waals surface area contributed by atoms with Crippen molar-refractivity contribution in [2.24, 2.45) is 5.73 Å². The molecule has 0 radical (unpaired) electrons. The number of rotatable bonds is 7. The van der Waals surface area contributed by atoms with Gasteiger partial charge in [0.1, 0.15) is 17.2 Å². The highest BCUT2D eigenvalue weighted by atomic mass is 16.5. The highest BCUT2D eigenvalue weighted by Gasteiger charge is 2.40. The van der Waals surface area contributed by atoms with E-state index in [1.165, 1.54) is 28.9 Å². The molecule has 0 spiro atoms. The molecule has 8 rings (SSSR count). The van der Waals surface area contributed by atoms with Gasteiger partial charge in [-0.3, -0.25) is 0 Å². The van der Waals surface area contributed by atoms with E-state index in [0.29, 0.717) is 0 Å². The van der Waals surface area contributed by atoms with Crippen molar-refractivity contribution in [2.45, 2.75) is 20.3 Å². The first-order valence-corrected chi connectivity index (χ1v) is 16.7. The first kappa shape index (κ1) is 31.8. The molecule has 5 aromatic carbocycles. The third-order valence-corrected chi connectivity index (χ3v) is 9.44. The molecule has 2 aliphatic rings. The van der Waals surface area contributed by atoms with Gasteiger partial charge in [0.15, 0.2) is 0 Å². The van der Waals surface area contributed by atoms with Gasteiger partial charge in [-0.15, -0.1) is 0 Å². The minimum absolute atomic E-state index is 0.0340. The zero-order valence-electron chi connectivity index (χ0n) is 28.2. The van der Waals surface area contributed by atoms with Crippen LogP contribution in [0, 0.1) is 0 Å². The number of nitrogens with two attached hydrogens (primary N) is 1. The first-order chi connectivity index (χ1) is 24.1. The van der Waals surface area contributed by atoms with E-state index in [0.717, 1.165) is 73.8 Å². The fourth-order valence-corrected chi connectivity index (χ4v) is 7.20. The normalized spacial score (nSPS) is 13.4. The Labute approximate surface area is 288 Å². The predicted molar refractivity (Wildman–Crippen MR) is 208 cm³/mol. The summed E-state index contributed by atoms with van der Waals surface area (Å²) in [6, 6.07) is 38.7. The standard InChI is InChI=1S/C43H34BNO2.CH5N/c1-5-7-14-28(3)30(6-2)27-37-29(4)46-40-21-13-22-41-42(40)44(37)36-18-12-17-33(43(36)47-41)31-23-25-32(26-24-31)45-38-19-10-8-15-34(38)35-16-9-11-20-39(35)45;1-2/h5,7-27H,1,3,6H2,2,4H3;2H2,1H3/b14-7-,30-27+;. The smallest absolute Gasteiger partial charge is 0.260 e. The van der Waals surface area contributed by atoms with Crippen LogP contribution in [-0.4, -0.2) is 18.3 Å². The molecule has 0 atom stereocenters. The number of hydrogen-bond donors (Lipinski definition) is 1. The minimum Gasteiger partial charge on any atom is -0.463 e. The van der Waals surface area contributed by atoms with Crippen molar-refractivity contribution in [3.63, 3.8) is 0 Å². The number of nitrogens with zero attached hydrogens (tertiary/aromatic N) is 1. The van der Waals surface area contributed by atoms with E-state index in [2.05, 4.69) is 140 Å². The van der Waals surface area contributed by atoms with Gasteiger partial charge in [0.2, 0.25) is 0 Å². The Kier molecular flexibility index (Phi) is 8.69. The summed E-state index contributed by atoms with van der Waals surface area (Å²) in [7, 11) is 1.50. The second kappa shape index (κ2) is 13.4. The summed E-state index contributed by atoms with van der Waals surface area (Å²) in [4.78, 5) is 0. The van der Waals surface area contributed by atoms with Crippen molar-refractivity contribution >= 4 is 39.4 Å². The van der Waals surface area contributed by atoms with Gasteiger partial charge < -0.3 is 19.8 Å². The lowest BCUT2D eigenvalue weighted by Crippen LogP contribution is -2.51. The summed E-state index contributed by atoms with van der Waals surface area (Å²) in [6.45, 7) is 12.4. The highest BCUT2D eigenvalue weighted by molar-refractivity contribution is 6.94. The van der Waals surface area contributed by atoms with Crippen LogP contribution in [0.3, 0.4) is 0 Å². The van der Waals surface area contributed by atoms with Crippen LogP contribution in [0.5, 0.6) is 17.2 Å². The van der Waals surface area contributed by atoms with Crippen molar-refractivity contribution in [3.8, 4) is 34.1 Å². The SMILES string of the molecule is C=C/C=C\C(=C)/C(=C/C1=C(C)Oc2cccc3c2B1c1cccc(-c2ccc(-n4c5ccccc5c5ccccc54)cc2)c1O3)CC.CN. The molecule has 6 aromatic rings. The lowest BCUT2D eigenvalue weighted by molar-refractivity contribution is 0.419. The van der Waals surface area contributed by atoms with E-state index in [-0.39, 0.29) is 6.71 Å². The largest absolute Gasteiger partial charge is 0.463 e. The molecule has 3 heterocycles. The molecule has 2 aliphatic heterocycles. The van der Waals surface area contributed by atoms with Crippen LogP contribution < -0.4 is 26.1 Å². The topological polar surface area (TPSA) is 49.4 Å². The second-order valence-corrected chi connectivity index (χ2v) is 12.1. The third-order valence-electron chi connectivity index (χ3n) is 9.44. The van der Waals surface area contributed by atoms with E-state index >= 15 is 0 Å². The number of ether oxygens (including phenoxy) is 2. The monoisotopic (exact) mass is 638 g/mol. The van der Waals surface area contributed by atoms with Crippen LogP contribution in [0.15, 0.2) is 169 Å². The Morgan fingerprint density at radius 3 is 2.08 bits per heavy atom. The number of benzene rings is 5. The van der Waals surface area contributed by atoms with E-state index < -0.39 is 0 Å². The van der Waals surface area contributed by atoms with Crippen LogP contribution in [0.25, 0.3) is 38.6 Å². The number of fused-ring (bicyclic) bond motifs is 5. The Balaban J connectivity index is 0.00000186. The predicted octanol–water partition coefficient (Wildman–Crippen LogP) is 9.58.